The first-order chi connectivity index (χ1) is 27.0. The molecular formula is C46H83NO8P+. The molecule has 0 fully saturated rings. The van der Waals surface area contributed by atoms with Crippen molar-refractivity contribution in [3.63, 3.8) is 0 Å². The monoisotopic (exact) mass is 809 g/mol. The first-order valence-electron chi connectivity index (χ1n) is 21.8. The van der Waals surface area contributed by atoms with Gasteiger partial charge in [-0.3, -0.25) is 13.8 Å². The van der Waals surface area contributed by atoms with Gasteiger partial charge in [-0.2, -0.15) is 0 Å². The molecule has 0 aliphatic rings. The van der Waals surface area contributed by atoms with Gasteiger partial charge in [-0.1, -0.05) is 120 Å². The summed E-state index contributed by atoms with van der Waals surface area (Å²) in [7, 11) is 1.56. The molecule has 0 aliphatic carbocycles. The molecule has 0 aromatic rings. The number of nitrogens with zero attached hydrogens (tertiary/aromatic N) is 1. The molecule has 10 heteroatoms. The molecule has 0 bridgehead atoms. The Balaban J connectivity index is 4.44. The number of likely N-dealkylation sites (N-methyl/N-ethyl adjacent to an activating group) is 1. The van der Waals surface area contributed by atoms with E-state index in [1.165, 1.54) is 64.2 Å². The summed E-state index contributed by atoms with van der Waals surface area (Å²) in [5.41, 5.74) is 0. The number of rotatable bonds is 39. The number of carbonyl (C=O) groups is 1. The summed E-state index contributed by atoms with van der Waals surface area (Å²) in [6.45, 7) is 4.54. The second-order valence-corrected chi connectivity index (χ2v) is 17.0. The van der Waals surface area contributed by atoms with Gasteiger partial charge in [0.25, 0.3) is 0 Å². The zero-order valence-corrected chi connectivity index (χ0v) is 37.1. The Hall–Kier alpha value is -2.26. The maximum Gasteiger partial charge on any atom is 0.472 e. The fourth-order valence-electron chi connectivity index (χ4n) is 5.37. The summed E-state index contributed by atoms with van der Waals surface area (Å²) < 4.78 is 34.6. The molecule has 0 spiro atoms. The average molecular weight is 809 g/mol. The van der Waals surface area contributed by atoms with E-state index in [1.54, 1.807) is 6.26 Å². The van der Waals surface area contributed by atoms with Crippen LogP contribution in [0.5, 0.6) is 0 Å². The summed E-state index contributed by atoms with van der Waals surface area (Å²) in [4.78, 5) is 22.8. The van der Waals surface area contributed by atoms with E-state index >= 15 is 0 Å². The van der Waals surface area contributed by atoms with Gasteiger partial charge in [0.2, 0.25) is 0 Å². The highest BCUT2D eigenvalue weighted by Crippen LogP contribution is 2.43. The number of phosphoric acid groups is 1. The molecule has 9 nitrogen and oxygen atoms in total. The second kappa shape index (κ2) is 38.3. The third-order valence-electron chi connectivity index (χ3n) is 8.97. The summed E-state index contributed by atoms with van der Waals surface area (Å²) >= 11 is 0. The van der Waals surface area contributed by atoms with Crippen LogP contribution in [0.25, 0.3) is 0 Å². The molecule has 0 amide bonds. The quantitative estimate of drug-likeness (QED) is 0.0158. The Morgan fingerprint density at radius 1 is 0.643 bits per heavy atom. The number of aliphatic hydroxyl groups is 1. The molecule has 0 saturated heterocycles. The van der Waals surface area contributed by atoms with Crippen LogP contribution in [0.15, 0.2) is 73.1 Å². The molecule has 0 radical (unpaired) electrons. The predicted octanol–water partition coefficient (Wildman–Crippen LogP) is 12.0. The lowest BCUT2D eigenvalue weighted by Crippen LogP contribution is -2.37. The number of hydrogen-bond donors (Lipinski definition) is 2. The van der Waals surface area contributed by atoms with Crippen LogP contribution in [0.1, 0.15) is 155 Å². The van der Waals surface area contributed by atoms with Gasteiger partial charge in [-0.15, -0.1) is 0 Å². The number of allylic oxidation sites excluding steroid dienone is 11. The van der Waals surface area contributed by atoms with Crippen LogP contribution in [0.3, 0.4) is 0 Å². The van der Waals surface area contributed by atoms with Crippen molar-refractivity contribution in [2.24, 2.45) is 0 Å². The van der Waals surface area contributed by atoms with Crippen LogP contribution in [-0.4, -0.2) is 80.2 Å². The first kappa shape index (κ1) is 53.7. The number of phosphoric ester groups is 1. The SMILES string of the molecule is CCCCCCCC/C=C\CCCCCC/C=C/OC[C@H](COP(=O)(O)OCC[N+](C)(C)C)OC(=O)CCC/C=C\C/C=C\C/C=C\C/C=C\CC[C@H](O)CC. The molecular weight excluding hydrogens is 725 g/mol. The van der Waals surface area contributed by atoms with Crippen molar-refractivity contribution in [3.8, 4) is 0 Å². The minimum absolute atomic E-state index is 0.00831. The third-order valence-corrected chi connectivity index (χ3v) is 9.95. The lowest BCUT2D eigenvalue weighted by Gasteiger charge is -2.24. The molecule has 0 heterocycles. The standard InChI is InChI=1S/C46H82NO8P/c1-6-8-9-10-11-12-13-14-15-18-21-24-27-30-33-36-40-52-42-45(43-54-56(50,51)53-41-39-47(3,4)5)55-46(49)38-35-32-29-26-23-20-17-16-19-22-25-28-31-34-37-44(48)7-2/h14-15,17,19-20,22,26,28-29,31,36,40,44-45,48H,6-13,16,18,21,23-25,27,30,32-35,37-39,41-43H2,1-5H3/p+1/b15-14-,20-17-,22-19-,29-26-,31-28-,40-36+/t44-,45-/m1/s1. The van der Waals surface area contributed by atoms with Gasteiger partial charge in [0.1, 0.15) is 19.8 Å². The minimum atomic E-state index is -4.32. The number of esters is 1. The van der Waals surface area contributed by atoms with Gasteiger partial charge in [-0.05, 0) is 96.0 Å². The highest BCUT2D eigenvalue weighted by molar-refractivity contribution is 7.47. The van der Waals surface area contributed by atoms with Gasteiger partial charge >= 0.3 is 13.8 Å². The maximum atomic E-state index is 12.6. The smallest absolute Gasteiger partial charge is 0.472 e. The van der Waals surface area contributed by atoms with Crippen LogP contribution >= 0.6 is 7.82 Å². The number of ether oxygens (including phenoxy) is 2. The average Bonchev–Trinajstić information content (AvgIpc) is 3.15. The molecule has 0 saturated carbocycles. The molecule has 324 valence electrons. The van der Waals surface area contributed by atoms with Crippen molar-refractivity contribution in [1.29, 1.82) is 0 Å². The predicted molar refractivity (Wildman–Crippen MR) is 234 cm³/mol. The van der Waals surface area contributed by atoms with E-state index in [0.29, 0.717) is 17.4 Å². The molecule has 0 aromatic carbocycles. The molecule has 1 unspecified atom stereocenters. The Bertz CT molecular complexity index is 1140. The largest absolute Gasteiger partial charge is 0.498 e. The Morgan fingerprint density at radius 2 is 1.14 bits per heavy atom. The number of quaternary nitrogens is 1. The Morgan fingerprint density at radius 3 is 1.71 bits per heavy atom. The van der Waals surface area contributed by atoms with E-state index in [9.17, 15) is 19.4 Å². The maximum absolute atomic E-state index is 12.6. The van der Waals surface area contributed by atoms with Crippen molar-refractivity contribution in [1.82, 2.24) is 0 Å². The van der Waals surface area contributed by atoms with E-state index in [-0.39, 0.29) is 32.3 Å². The highest BCUT2D eigenvalue weighted by Gasteiger charge is 2.26. The van der Waals surface area contributed by atoms with E-state index in [0.717, 1.165) is 64.2 Å². The molecule has 56 heavy (non-hydrogen) atoms. The van der Waals surface area contributed by atoms with Crippen LogP contribution < -0.4 is 0 Å². The number of carbonyl (C=O) groups excluding carboxylic acids is 1. The molecule has 2 N–H and O–H groups in total. The summed E-state index contributed by atoms with van der Waals surface area (Å²) in [6, 6.07) is 0. The lowest BCUT2D eigenvalue weighted by molar-refractivity contribution is -0.870. The lowest BCUT2D eigenvalue weighted by atomic mass is 10.1. The van der Waals surface area contributed by atoms with Gasteiger partial charge in [0.05, 0.1) is 40.1 Å². The van der Waals surface area contributed by atoms with Crippen molar-refractivity contribution >= 4 is 13.8 Å². The second-order valence-electron chi connectivity index (χ2n) is 15.6. The summed E-state index contributed by atoms with van der Waals surface area (Å²) in [5, 5.41) is 9.57. The van der Waals surface area contributed by atoms with Crippen molar-refractivity contribution in [3.05, 3.63) is 73.1 Å². The van der Waals surface area contributed by atoms with Crippen LogP contribution in [0, 0.1) is 0 Å². The number of hydrogen-bond acceptors (Lipinski definition) is 7. The zero-order valence-electron chi connectivity index (χ0n) is 36.2. The fraction of sp³-hybridized carbons (Fsp3) is 0.717. The van der Waals surface area contributed by atoms with Gasteiger partial charge in [0.15, 0.2) is 6.10 Å². The summed E-state index contributed by atoms with van der Waals surface area (Å²) in [6.07, 6.45) is 46.9. The minimum Gasteiger partial charge on any atom is -0.498 e. The van der Waals surface area contributed by atoms with Gasteiger partial charge in [0, 0.05) is 6.42 Å². The van der Waals surface area contributed by atoms with Crippen LogP contribution in [0.2, 0.25) is 0 Å². The fourth-order valence-corrected chi connectivity index (χ4v) is 6.11. The first-order valence-corrected chi connectivity index (χ1v) is 23.3. The van der Waals surface area contributed by atoms with Crippen LogP contribution in [-0.2, 0) is 27.9 Å². The van der Waals surface area contributed by atoms with E-state index in [1.807, 2.05) is 34.1 Å². The van der Waals surface area contributed by atoms with Crippen molar-refractivity contribution in [2.45, 2.75) is 167 Å². The van der Waals surface area contributed by atoms with Crippen molar-refractivity contribution < 1.29 is 42.4 Å². The molecule has 0 aliphatic heterocycles. The summed E-state index contributed by atoms with van der Waals surface area (Å²) in [5.74, 6) is -0.407. The van der Waals surface area contributed by atoms with Crippen LogP contribution in [0.4, 0.5) is 0 Å². The third kappa shape index (κ3) is 41.4. The van der Waals surface area contributed by atoms with E-state index in [4.69, 9.17) is 18.5 Å². The number of unbranched alkanes of at least 4 members (excludes halogenated alkanes) is 12. The normalized spacial score (nSPS) is 15.0. The molecule has 0 rings (SSSR count). The zero-order chi connectivity index (χ0) is 41.4. The van der Waals surface area contributed by atoms with Gasteiger partial charge in [-0.25, -0.2) is 4.57 Å². The molecule has 3 atom stereocenters. The van der Waals surface area contributed by atoms with E-state index in [2.05, 4.69) is 67.7 Å². The van der Waals surface area contributed by atoms with Gasteiger partial charge < -0.3 is 24.0 Å². The highest BCUT2D eigenvalue weighted by atomic mass is 31.2. The molecule has 0 aromatic heterocycles. The Labute approximate surface area is 343 Å². The van der Waals surface area contributed by atoms with Crippen molar-refractivity contribution in [2.75, 3.05) is 47.5 Å². The number of aliphatic hydroxyl groups excluding tert-OH is 1. The van der Waals surface area contributed by atoms with E-state index < -0.39 is 19.9 Å². The Kier molecular flexibility index (Phi) is 36.7. The topological polar surface area (TPSA) is 112 Å².